The molecule has 0 spiro atoms. The predicted octanol–water partition coefficient (Wildman–Crippen LogP) is 4.62. The standard InChI is InChI=1S/C18H12F3N5O4/c19-18(20,21)10-1-3-11(4-2-10)24-16-15(26(27)28)17(23-8-22-16)25-12-5-6-13-14(7-12)30-9-29-13/h1-8H,9H2,(H2,22,23,24,25). The van der Waals surface area contributed by atoms with Gasteiger partial charge in [-0.3, -0.25) is 10.1 Å². The maximum Gasteiger partial charge on any atom is 0.416 e. The Bertz CT molecular complexity index is 1110. The molecule has 12 heteroatoms. The Morgan fingerprint density at radius 1 is 0.933 bits per heavy atom. The van der Waals surface area contributed by atoms with Crippen LogP contribution in [0.5, 0.6) is 11.5 Å². The zero-order chi connectivity index (χ0) is 21.3. The van der Waals surface area contributed by atoms with Crippen LogP contribution in [0.1, 0.15) is 5.56 Å². The van der Waals surface area contributed by atoms with Crippen molar-refractivity contribution in [3.63, 3.8) is 0 Å². The van der Waals surface area contributed by atoms with Gasteiger partial charge in [0, 0.05) is 17.4 Å². The van der Waals surface area contributed by atoms with Gasteiger partial charge in [-0.15, -0.1) is 0 Å². The van der Waals surface area contributed by atoms with Crippen LogP contribution < -0.4 is 20.1 Å². The molecule has 0 atom stereocenters. The maximum atomic E-state index is 12.7. The molecule has 0 bridgehead atoms. The van der Waals surface area contributed by atoms with E-state index in [9.17, 15) is 23.3 Å². The lowest BCUT2D eigenvalue weighted by atomic mass is 10.2. The number of hydrogen-bond donors (Lipinski definition) is 2. The minimum absolute atomic E-state index is 0.0770. The first kappa shape index (κ1) is 19.2. The number of halogens is 3. The van der Waals surface area contributed by atoms with Gasteiger partial charge in [-0.1, -0.05) is 0 Å². The van der Waals surface area contributed by atoms with Gasteiger partial charge in [-0.2, -0.15) is 13.2 Å². The van der Waals surface area contributed by atoms with E-state index in [1.807, 2.05) is 0 Å². The molecule has 1 aromatic heterocycles. The topological polar surface area (TPSA) is 111 Å². The van der Waals surface area contributed by atoms with Crippen molar-refractivity contribution >= 4 is 28.7 Å². The molecule has 0 unspecified atom stereocenters. The van der Waals surface area contributed by atoms with Gasteiger partial charge in [0.1, 0.15) is 6.33 Å². The molecule has 2 N–H and O–H groups in total. The summed E-state index contributed by atoms with van der Waals surface area (Å²) in [6.07, 6.45) is -3.39. The highest BCUT2D eigenvalue weighted by Crippen LogP contribution is 2.38. The van der Waals surface area contributed by atoms with E-state index in [0.29, 0.717) is 17.2 Å². The monoisotopic (exact) mass is 419 g/mol. The first-order valence-electron chi connectivity index (χ1n) is 8.41. The summed E-state index contributed by atoms with van der Waals surface area (Å²) in [6.45, 7) is 0.0770. The smallest absolute Gasteiger partial charge is 0.416 e. The summed E-state index contributed by atoms with van der Waals surface area (Å²) in [7, 11) is 0. The van der Waals surface area contributed by atoms with Gasteiger partial charge in [0.2, 0.25) is 18.4 Å². The van der Waals surface area contributed by atoms with Gasteiger partial charge in [0.15, 0.2) is 11.5 Å². The van der Waals surface area contributed by atoms with Crippen molar-refractivity contribution in [3.05, 3.63) is 64.5 Å². The minimum atomic E-state index is -4.48. The van der Waals surface area contributed by atoms with E-state index >= 15 is 0 Å². The summed E-state index contributed by atoms with van der Waals surface area (Å²) in [4.78, 5) is 18.7. The first-order valence-corrected chi connectivity index (χ1v) is 8.41. The summed E-state index contributed by atoms with van der Waals surface area (Å²) in [5.74, 6) is 0.725. The Balaban J connectivity index is 1.62. The second kappa shape index (κ2) is 7.39. The summed E-state index contributed by atoms with van der Waals surface area (Å²) in [5, 5.41) is 17.1. The minimum Gasteiger partial charge on any atom is -0.454 e. The number of benzene rings is 2. The lowest BCUT2D eigenvalue weighted by Gasteiger charge is -2.11. The normalized spacial score (nSPS) is 12.5. The summed E-state index contributed by atoms with van der Waals surface area (Å²) < 4.78 is 48.6. The number of alkyl halides is 3. The summed E-state index contributed by atoms with van der Waals surface area (Å²) in [5.41, 5.74) is -0.661. The highest BCUT2D eigenvalue weighted by molar-refractivity contribution is 5.77. The van der Waals surface area contributed by atoms with Gasteiger partial charge in [0.05, 0.1) is 10.5 Å². The van der Waals surface area contributed by atoms with Crippen molar-refractivity contribution in [2.24, 2.45) is 0 Å². The molecule has 1 aliphatic heterocycles. The quantitative estimate of drug-likeness (QED) is 0.455. The number of rotatable bonds is 5. The van der Waals surface area contributed by atoms with Crippen LogP contribution in [0.4, 0.5) is 41.9 Å². The third-order valence-corrected chi connectivity index (χ3v) is 4.12. The molecule has 4 rings (SSSR count). The predicted molar refractivity (Wildman–Crippen MR) is 99.3 cm³/mol. The molecular formula is C18H12F3N5O4. The fourth-order valence-corrected chi connectivity index (χ4v) is 2.72. The molecule has 0 amide bonds. The van der Waals surface area contributed by atoms with E-state index in [4.69, 9.17) is 9.47 Å². The zero-order valence-electron chi connectivity index (χ0n) is 14.9. The van der Waals surface area contributed by atoms with E-state index in [0.717, 1.165) is 30.6 Å². The maximum absolute atomic E-state index is 12.7. The molecule has 0 radical (unpaired) electrons. The molecular weight excluding hydrogens is 407 g/mol. The molecule has 0 aliphatic carbocycles. The number of aromatic nitrogens is 2. The first-order chi connectivity index (χ1) is 14.3. The Morgan fingerprint density at radius 2 is 1.53 bits per heavy atom. The van der Waals surface area contributed by atoms with E-state index in [-0.39, 0.29) is 24.1 Å². The van der Waals surface area contributed by atoms with Crippen LogP contribution in [0.15, 0.2) is 48.8 Å². The van der Waals surface area contributed by atoms with E-state index in [1.54, 1.807) is 18.2 Å². The molecule has 30 heavy (non-hydrogen) atoms. The lowest BCUT2D eigenvalue weighted by molar-refractivity contribution is -0.383. The molecule has 2 aromatic carbocycles. The Kier molecular flexibility index (Phi) is 4.74. The van der Waals surface area contributed by atoms with Crippen molar-refractivity contribution in [1.29, 1.82) is 0 Å². The number of nitrogens with one attached hydrogen (secondary N) is 2. The average molecular weight is 419 g/mol. The number of nitro groups is 1. The van der Waals surface area contributed by atoms with Gasteiger partial charge >= 0.3 is 11.9 Å². The SMILES string of the molecule is O=[N+]([O-])c1c(Nc2ccc(C(F)(F)F)cc2)ncnc1Nc1ccc2c(c1)OCO2. The number of nitrogens with zero attached hydrogens (tertiary/aromatic N) is 3. The van der Waals surface area contributed by atoms with Gasteiger partial charge in [-0.05, 0) is 36.4 Å². The van der Waals surface area contributed by atoms with Crippen molar-refractivity contribution in [3.8, 4) is 11.5 Å². The third kappa shape index (κ3) is 3.87. The Hall–Kier alpha value is -4.09. The molecule has 1 aliphatic rings. The highest BCUT2D eigenvalue weighted by atomic mass is 19.4. The number of fused-ring (bicyclic) bond motifs is 1. The molecule has 3 aromatic rings. The van der Waals surface area contributed by atoms with Crippen LogP contribution in [-0.2, 0) is 6.18 Å². The second-order valence-electron chi connectivity index (χ2n) is 6.07. The molecule has 0 fully saturated rings. The fourth-order valence-electron chi connectivity index (χ4n) is 2.72. The van der Waals surface area contributed by atoms with Crippen LogP contribution in [0.25, 0.3) is 0 Å². The molecule has 0 saturated carbocycles. The Morgan fingerprint density at radius 3 is 2.17 bits per heavy atom. The van der Waals surface area contributed by atoms with Crippen LogP contribution in [0, 0.1) is 10.1 Å². The summed E-state index contributed by atoms with van der Waals surface area (Å²) >= 11 is 0. The highest BCUT2D eigenvalue weighted by Gasteiger charge is 2.30. The van der Waals surface area contributed by atoms with Gasteiger partial charge in [0.25, 0.3) is 0 Å². The largest absolute Gasteiger partial charge is 0.454 e. The van der Waals surface area contributed by atoms with Crippen LogP contribution >= 0.6 is 0 Å². The Labute approximate surface area is 166 Å². The van der Waals surface area contributed by atoms with Crippen LogP contribution in [-0.4, -0.2) is 21.7 Å². The van der Waals surface area contributed by atoms with Crippen molar-refractivity contribution in [2.45, 2.75) is 6.18 Å². The second-order valence-corrected chi connectivity index (χ2v) is 6.07. The van der Waals surface area contributed by atoms with Crippen LogP contribution in [0.2, 0.25) is 0 Å². The molecule has 2 heterocycles. The van der Waals surface area contributed by atoms with Gasteiger partial charge < -0.3 is 20.1 Å². The van der Waals surface area contributed by atoms with E-state index < -0.39 is 22.4 Å². The number of ether oxygens (including phenoxy) is 2. The molecule has 154 valence electrons. The number of anilines is 4. The van der Waals surface area contributed by atoms with Crippen molar-refractivity contribution in [2.75, 3.05) is 17.4 Å². The van der Waals surface area contributed by atoms with Crippen LogP contribution in [0.3, 0.4) is 0 Å². The van der Waals surface area contributed by atoms with Gasteiger partial charge in [-0.25, -0.2) is 9.97 Å². The average Bonchev–Trinajstić information content (AvgIpc) is 3.15. The number of hydrogen-bond acceptors (Lipinski definition) is 8. The van der Waals surface area contributed by atoms with E-state index in [2.05, 4.69) is 20.6 Å². The van der Waals surface area contributed by atoms with E-state index in [1.165, 1.54) is 0 Å². The molecule has 0 saturated heterocycles. The van der Waals surface area contributed by atoms with Crippen molar-refractivity contribution < 1.29 is 27.6 Å². The zero-order valence-corrected chi connectivity index (χ0v) is 14.9. The molecule has 9 nitrogen and oxygen atoms in total. The third-order valence-electron chi connectivity index (χ3n) is 4.12. The lowest BCUT2D eigenvalue weighted by Crippen LogP contribution is -2.06. The fraction of sp³-hybridized carbons (Fsp3) is 0.111. The summed E-state index contributed by atoms with van der Waals surface area (Å²) in [6, 6.07) is 8.89. The van der Waals surface area contributed by atoms with Crippen molar-refractivity contribution in [1.82, 2.24) is 9.97 Å².